The van der Waals surface area contributed by atoms with E-state index in [1.54, 1.807) is 6.07 Å². The van der Waals surface area contributed by atoms with Gasteiger partial charge in [-0.2, -0.15) is 0 Å². The highest BCUT2D eigenvalue weighted by atomic mass is 35.5. The Morgan fingerprint density at radius 1 is 1.31 bits per heavy atom. The minimum atomic E-state index is -0.785. The number of hydrogen-bond donors (Lipinski definition) is 1. The van der Waals surface area contributed by atoms with Crippen LogP contribution < -0.4 is 5.32 Å². The summed E-state index contributed by atoms with van der Waals surface area (Å²) < 4.78 is 25.6. The molecule has 0 aliphatic carbocycles. The maximum atomic E-state index is 12.9. The number of rotatable bonds is 3. The molecule has 0 atom stereocenters. The van der Waals surface area contributed by atoms with E-state index in [9.17, 15) is 8.78 Å². The quantitative estimate of drug-likeness (QED) is 0.878. The van der Waals surface area contributed by atoms with Crippen molar-refractivity contribution in [1.29, 1.82) is 0 Å². The first-order chi connectivity index (χ1) is 7.16. The van der Waals surface area contributed by atoms with E-state index in [0.29, 0.717) is 12.6 Å². The van der Waals surface area contributed by atoms with Gasteiger partial charge in [-0.25, -0.2) is 8.78 Å². The Kier molecular flexibility index (Phi) is 4.65. The Labute approximate surface area is 100 Å². The minimum Gasteiger partial charge on any atom is -0.314 e. The van der Waals surface area contributed by atoms with Gasteiger partial charge in [0.2, 0.25) is 0 Å². The van der Waals surface area contributed by atoms with Crippen LogP contribution in [0.2, 0.25) is 0 Å². The van der Waals surface area contributed by atoms with Gasteiger partial charge in [-0.3, -0.25) is 4.90 Å². The predicted octanol–water partition coefficient (Wildman–Crippen LogP) is 1.79. The standard InChI is InChI=1S/C11H14F2N2.ClH/c1-15(9-5-14-6-9)7-8-2-3-10(12)11(13)4-8;/h2-4,9,14H,5-7H2,1H3;1H. The van der Waals surface area contributed by atoms with Crippen LogP contribution in [-0.4, -0.2) is 31.1 Å². The molecule has 1 heterocycles. The van der Waals surface area contributed by atoms with E-state index in [4.69, 9.17) is 0 Å². The Balaban J connectivity index is 0.00000128. The molecule has 2 rings (SSSR count). The van der Waals surface area contributed by atoms with Gasteiger partial charge in [0.1, 0.15) is 0 Å². The maximum Gasteiger partial charge on any atom is 0.159 e. The van der Waals surface area contributed by atoms with Crippen molar-refractivity contribution >= 4 is 12.4 Å². The molecule has 0 aromatic heterocycles. The van der Waals surface area contributed by atoms with E-state index < -0.39 is 11.6 Å². The van der Waals surface area contributed by atoms with Crippen molar-refractivity contribution in [3.63, 3.8) is 0 Å². The molecule has 0 unspecified atom stereocenters. The highest BCUT2D eigenvalue weighted by molar-refractivity contribution is 5.85. The van der Waals surface area contributed by atoms with Gasteiger partial charge in [-0.15, -0.1) is 12.4 Å². The molecule has 0 spiro atoms. The predicted molar refractivity (Wildman–Crippen MR) is 61.7 cm³/mol. The number of halogens is 3. The van der Waals surface area contributed by atoms with Crippen molar-refractivity contribution < 1.29 is 8.78 Å². The van der Waals surface area contributed by atoms with E-state index in [0.717, 1.165) is 18.7 Å². The molecule has 1 saturated heterocycles. The first kappa shape index (κ1) is 13.4. The van der Waals surface area contributed by atoms with Crippen molar-refractivity contribution in [1.82, 2.24) is 10.2 Å². The van der Waals surface area contributed by atoms with Crippen molar-refractivity contribution in [2.24, 2.45) is 0 Å². The summed E-state index contributed by atoms with van der Waals surface area (Å²) in [5, 5.41) is 3.17. The zero-order valence-corrected chi connectivity index (χ0v) is 9.86. The van der Waals surface area contributed by atoms with Crippen molar-refractivity contribution in [3.05, 3.63) is 35.4 Å². The number of nitrogens with zero attached hydrogens (tertiary/aromatic N) is 1. The summed E-state index contributed by atoms with van der Waals surface area (Å²) in [5.74, 6) is -1.56. The Bertz CT molecular complexity index is 356. The molecule has 1 N–H and O–H groups in total. The number of benzene rings is 1. The lowest BCUT2D eigenvalue weighted by molar-refractivity contribution is 0.173. The molecule has 1 fully saturated rings. The van der Waals surface area contributed by atoms with E-state index in [-0.39, 0.29) is 12.4 Å². The van der Waals surface area contributed by atoms with Crippen LogP contribution in [0.3, 0.4) is 0 Å². The normalized spacial score (nSPS) is 15.8. The van der Waals surface area contributed by atoms with Gasteiger partial charge >= 0.3 is 0 Å². The van der Waals surface area contributed by atoms with E-state index >= 15 is 0 Å². The fourth-order valence-electron chi connectivity index (χ4n) is 1.64. The van der Waals surface area contributed by atoms with Crippen LogP contribution >= 0.6 is 12.4 Å². The first-order valence-electron chi connectivity index (χ1n) is 5.01. The van der Waals surface area contributed by atoms with Crippen molar-refractivity contribution in [2.45, 2.75) is 12.6 Å². The third-order valence-corrected chi connectivity index (χ3v) is 2.80. The second-order valence-electron chi connectivity index (χ2n) is 3.98. The third-order valence-electron chi connectivity index (χ3n) is 2.80. The summed E-state index contributed by atoms with van der Waals surface area (Å²) in [4.78, 5) is 2.14. The average molecular weight is 249 g/mol. The third kappa shape index (κ3) is 2.90. The Morgan fingerprint density at radius 2 is 2.00 bits per heavy atom. The summed E-state index contributed by atoms with van der Waals surface area (Å²) in [5.41, 5.74) is 0.809. The van der Waals surface area contributed by atoms with Gasteiger partial charge < -0.3 is 5.32 Å². The van der Waals surface area contributed by atoms with E-state index in [1.165, 1.54) is 12.1 Å². The highest BCUT2D eigenvalue weighted by Gasteiger charge is 2.21. The van der Waals surface area contributed by atoms with Gasteiger partial charge in [0.15, 0.2) is 11.6 Å². The molecule has 0 bridgehead atoms. The Morgan fingerprint density at radius 3 is 2.50 bits per heavy atom. The lowest BCUT2D eigenvalue weighted by Gasteiger charge is -2.35. The van der Waals surface area contributed by atoms with E-state index in [2.05, 4.69) is 10.2 Å². The van der Waals surface area contributed by atoms with Crippen LogP contribution in [0.1, 0.15) is 5.56 Å². The molecule has 90 valence electrons. The van der Waals surface area contributed by atoms with Crippen LogP contribution in [0.25, 0.3) is 0 Å². The topological polar surface area (TPSA) is 15.3 Å². The summed E-state index contributed by atoms with van der Waals surface area (Å²) in [7, 11) is 1.99. The maximum absolute atomic E-state index is 12.9. The molecule has 0 saturated carbocycles. The molecule has 5 heteroatoms. The molecule has 0 radical (unpaired) electrons. The molecule has 1 aromatic rings. The van der Waals surface area contributed by atoms with Crippen LogP contribution in [0.15, 0.2) is 18.2 Å². The van der Waals surface area contributed by atoms with E-state index in [1.807, 2.05) is 7.05 Å². The molecule has 16 heavy (non-hydrogen) atoms. The zero-order chi connectivity index (χ0) is 10.8. The summed E-state index contributed by atoms with van der Waals surface area (Å²) >= 11 is 0. The van der Waals surface area contributed by atoms with Gasteiger partial charge in [0.05, 0.1) is 0 Å². The first-order valence-corrected chi connectivity index (χ1v) is 5.01. The van der Waals surface area contributed by atoms with Crippen LogP contribution in [0, 0.1) is 11.6 Å². The Hall–Kier alpha value is -0.710. The molecular formula is C11H15ClF2N2. The average Bonchev–Trinajstić information content (AvgIpc) is 2.08. The van der Waals surface area contributed by atoms with Crippen molar-refractivity contribution in [2.75, 3.05) is 20.1 Å². The second-order valence-corrected chi connectivity index (χ2v) is 3.98. The molecule has 2 nitrogen and oxygen atoms in total. The lowest BCUT2D eigenvalue weighted by atomic mass is 10.1. The SMILES string of the molecule is CN(Cc1ccc(F)c(F)c1)C1CNC1.Cl. The number of likely N-dealkylation sites (N-methyl/N-ethyl adjacent to an activating group) is 1. The smallest absolute Gasteiger partial charge is 0.159 e. The highest BCUT2D eigenvalue weighted by Crippen LogP contribution is 2.12. The van der Waals surface area contributed by atoms with Gasteiger partial charge in [-0.1, -0.05) is 6.07 Å². The number of nitrogens with one attached hydrogen (secondary N) is 1. The number of hydrogen-bond acceptors (Lipinski definition) is 2. The van der Waals surface area contributed by atoms with Gasteiger partial charge in [0, 0.05) is 25.7 Å². The lowest BCUT2D eigenvalue weighted by Crippen LogP contribution is -2.55. The zero-order valence-electron chi connectivity index (χ0n) is 9.04. The van der Waals surface area contributed by atoms with Gasteiger partial charge in [0.25, 0.3) is 0 Å². The molecule has 1 aliphatic rings. The fraction of sp³-hybridized carbons (Fsp3) is 0.455. The molecule has 1 aliphatic heterocycles. The summed E-state index contributed by atoms with van der Waals surface area (Å²) in [6.07, 6.45) is 0. The minimum absolute atomic E-state index is 0. The monoisotopic (exact) mass is 248 g/mol. The summed E-state index contributed by atoms with van der Waals surface area (Å²) in [6.45, 7) is 2.60. The summed E-state index contributed by atoms with van der Waals surface area (Å²) in [6, 6.07) is 4.58. The second kappa shape index (κ2) is 5.57. The van der Waals surface area contributed by atoms with Gasteiger partial charge in [-0.05, 0) is 24.7 Å². The fourth-order valence-corrected chi connectivity index (χ4v) is 1.64. The molecule has 1 aromatic carbocycles. The largest absolute Gasteiger partial charge is 0.314 e. The van der Waals surface area contributed by atoms with Crippen molar-refractivity contribution in [3.8, 4) is 0 Å². The molecule has 0 amide bonds. The van der Waals surface area contributed by atoms with Crippen LogP contribution in [0.5, 0.6) is 0 Å². The van der Waals surface area contributed by atoms with Crippen LogP contribution in [0.4, 0.5) is 8.78 Å². The molecular weight excluding hydrogens is 234 g/mol. The van der Waals surface area contributed by atoms with Crippen LogP contribution in [-0.2, 0) is 6.54 Å².